The van der Waals surface area contributed by atoms with Gasteiger partial charge in [0.05, 0.1) is 11.8 Å². The van der Waals surface area contributed by atoms with Crippen LogP contribution in [0.15, 0.2) is 41.5 Å². The lowest BCUT2D eigenvalue weighted by Gasteiger charge is -2.32. The summed E-state index contributed by atoms with van der Waals surface area (Å²) in [5.41, 5.74) is 2.63. The maximum atomic E-state index is 14.3. The van der Waals surface area contributed by atoms with Gasteiger partial charge in [0.2, 0.25) is 0 Å². The Kier molecular flexibility index (Phi) is 9.42. The Hall–Kier alpha value is -2.30. The van der Waals surface area contributed by atoms with Crippen LogP contribution in [0.5, 0.6) is 0 Å². The van der Waals surface area contributed by atoms with Gasteiger partial charge in [-0.2, -0.15) is 0 Å². The lowest BCUT2D eigenvalue weighted by Crippen LogP contribution is -2.46. The number of aliphatic hydroxyl groups excluding tert-OH is 2. The van der Waals surface area contributed by atoms with E-state index in [1.54, 1.807) is 23.1 Å². The van der Waals surface area contributed by atoms with Gasteiger partial charge < -0.3 is 30.0 Å². The third kappa shape index (κ3) is 5.97. The van der Waals surface area contributed by atoms with Crippen molar-refractivity contribution >= 4 is 31.5 Å². The lowest BCUT2D eigenvalue weighted by molar-refractivity contribution is -0.146. The predicted molar refractivity (Wildman–Crippen MR) is 152 cm³/mol. The van der Waals surface area contributed by atoms with Crippen LogP contribution in [-0.2, 0) is 19.9 Å². The number of rotatable bonds is 10. The van der Waals surface area contributed by atoms with Crippen molar-refractivity contribution in [3.05, 3.63) is 47.1 Å². The summed E-state index contributed by atoms with van der Waals surface area (Å²) in [5, 5.41) is 22.2. The summed E-state index contributed by atoms with van der Waals surface area (Å²) in [5.74, 6) is -1.10. The van der Waals surface area contributed by atoms with Gasteiger partial charge in [-0.1, -0.05) is 30.2 Å². The van der Waals surface area contributed by atoms with Gasteiger partial charge >= 0.3 is 0 Å². The number of hydrogen-bond acceptors (Lipinski definition) is 6. The topological polar surface area (TPSA) is 119 Å². The highest BCUT2D eigenvalue weighted by Gasteiger charge is 2.66. The normalized spacial score (nSPS) is 26.1. The molecule has 4 N–H and O–H groups in total. The fourth-order valence-corrected chi connectivity index (χ4v) is 8.52. The van der Waals surface area contributed by atoms with Crippen LogP contribution in [0.4, 0.5) is 11.4 Å². The van der Waals surface area contributed by atoms with E-state index in [0.29, 0.717) is 29.9 Å². The van der Waals surface area contributed by atoms with Crippen LogP contribution >= 0.6 is 0 Å². The molecule has 1 aromatic rings. The minimum Gasteiger partial charge on any atom is -0.432 e. The molecule has 38 heavy (non-hydrogen) atoms. The minimum atomic E-state index is -2.80. The maximum absolute atomic E-state index is 14.3. The van der Waals surface area contributed by atoms with E-state index in [2.05, 4.69) is 38.2 Å². The zero-order valence-electron chi connectivity index (χ0n) is 23.7. The molecule has 0 bridgehead atoms. The largest absolute Gasteiger partial charge is 0.432 e. The number of anilines is 2. The van der Waals surface area contributed by atoms with Crippen LogP contribution < -0.4 is 10.2 Å². The van der Waals surface area contributed by atoms with Gasteiger partial charge in [-0.25, -0.2) is 0 Å². The highest BCUT2D eigenvalue weighted by Crippen LogP contribution is 2.59. The van der Waals surface area contributed by atoms with Gasteiger partial charge in [0.15, 0.2) is 13.9 Å². The molecule has 0 aromatic heterocycles. The number of allylic oxidation sites excluding steroid dienone is 3. The second kappa shape index (κ2) is 11.8. The van der Waals surface area contributed by atoms with Gasteiger partial charge in [-0.3, -0.25) is 9.59 Å². The van der Waals surface area contributed by atoms with E-state index in [1.165, 1.54) is 18.1 Å². The second-order valence-corrected chi connectivity index (χ2v) is 15.5. The molecular formula is C29H44N2O6Si. The van der Waals surface area contributed by atoms with Crippen molar-refractivity contribution < 1.29 is 29.3 Å². The molecule has 0 unspecified atom stereocenters. The molecule has 0 aliphatic carbocycles. The first-order valence-electron chi connectivity index (χ1n) is 13.5. The Morgan fingerprint density at radius 2 is 1.95 bits per heavy atom. The molecule has 2 aliphatic heterocycles. The molecule has 1 fully saturated rings. The van der Waals surface area contributed by atoms with E-state index in [9.17, 15) is 24.6 Å². The first-order valence-corrected chi connectivity index (χ1v) is 16.5. The van der Waals surface area contributed by atoms with E-state index in [-0.39, 0.29) is 24.0 Å². The van der Waals surface area contributed by atoms with E-state index in [4.69, 9.17) is 4.74 Å². The summed E-state index contributed by atoms with van der Waals surface area (Å²) in [4.78, 5) is 39.4. The number of fused-ring (bicyclic) bond motifs is 2. The van der Waals surface area contributed by atoms with Gasteiger partial charge in [0.25, 0.3) is 11.8 Å². The number of nitrogens with zero attached hydrogens (tertiary/aromatic N) is 1. The molecule has 1 spiro atoms. The number of aliphatic hydroxyl groups is 2. The van der Waals surface area contributed by atoms with Crippen LogP contribution in [0.25, 0.3) is 0 Å². The Balaban J connectivity index is 2.06. The zero-order chi connectivity index (χ0) is 28.4. The van der Waals surface area contributed by atoms with Crippen molar-refractivity contribution in [2.24, 2.45) is 5.92 Å². The van der Waals surface area contributed by atoms with Crippen molar-refractivity contribution in [1.29, 1.82) is 0 Å². The molecule has 1 saturated heterocycles. The third-order valence-corrected chi connectivity index (χ3v) is 10.3. The predicted octanol–water partition coefficient (Wildman–Crippen LogP) is 4.23. The molecule has 9 heteroatoms. The Bertz CT molecular complexity index is 1100. The summed E-state index contributed by atoms with van der Waals surface area (Å²) in [6, 6.07) is 5.27. The van der Waals surface area contributed by atoms with Gasteiger partial charge in [-0.05, 0) is 78.3 Å². The number of hydrogen-bond donors (Lipinski definition) is 4. The van der Waals surface area contributed by atoms with Crippen LogP contribution in [0.1, 0.15) is 59.4 Å². The standard InChI is InChI=1S/C29H44N2O6Si/c1-18(2)9-8-10-19(3)13-15-31-24-12-11-22(30-27(34)21(5)33)17-23(24)29(28(31)35)20(4)26(38(6,7)36)25(37-29)14-16-32/h9,11-13,17,20-21,25-26,32-33,36H,8,10,14-16H2,1-7H3,(H,30,34)/b19-13+/t20-,21+,25+,26-,29+/m1/s1. The van der Waals surface area contributed by atoms with Crippen LogP contribution in [0.3, 0.4) is 0 Å². The molecular weight excluding hydrogens is 500 g/mol. The number of ether oxygens (including phenoxy) is 1. The average molecular weight is 545 g/mol. The second-order valence-electron chi connectivity index (χ2n) is 11.6. The number of benzene rings is 1. The van der Waals surface area contributed by atoms with E-state index < -0.39 is 32.0 Å². The number of carbonyl (C=O) groups is 2. The van der Waals surface area contributed by atoms with Gasteiger partial charge in [0, 0.05) is 35.9 Å². The minimum absolute atomic E-state index is 0.114. The Morgan fingerprint density at radius 1 is 1.26 bits per heavy atom. The molecule has 8 nitrogen and oxygen atoms in total. The highest BCUT2D eigenvalue weighted by atomic mass is 28.4. The van der Waals surface area contributed by atoms with Crippen LogP contribution in [0, 0.1) is 5.92 Å². The molecule has 0 saturated carbocycles. The van der Waals surface area contributed by atoms with Gasteiger partial charge in [-0.15, -0.1) is 0 Å². The molecule has 210 valence electrons. The number of nitrogens with one attached hydrogen (secondary N) is 1. The van der Waals surface area contributed by atoms with Crippen molar-refractivity contribution in [3.8, 4) is 0 Å². The van der Waals surface area contributed by atoms with E-state index >= 15 is 0 Å². The quantitative estimate of drug-likeness (QED) is 0.259. The summed E-state index contributed by atoms with van der Waals surface area (Å²) < 4.78 is 6.61. The maximum Gasteiger partial charge on any atom is 0.264 e. The monoisotopic (exact) mass is 544 g/mol. The van der Waals surface area contributed by atoms with Crippen molar-refractivity contribution in [2.75, 3.05) is 23.4 Å². The zero-order valence-corrected chi connectivity index (χ0v) is 24.7. The summed E-state index contributed by atoms with van der Waals surface area (Å²) in [6.07, 6.45) is 4.75. The summed E-state index contributed by atoms with van der Waals surface area (Å²) in [6.45, 7) is 13.5. The smallest absolute Gasteiger partial charge is 0.264 e. The number of amides is 2. The molecule has 2 aliphatic rings. The summed E-state index contributed by atoms with van der Waals surface area (Å²) in [7, 11) is -2.80. The van der Waals surface area contributed by atoms with Gasteiger partial charge in [0.1, 0.15) is 6.10 Å². The highest BCUT2D eigenvalue weighted by molar-refractivity contribution is 6.71. The molecule has 0 radical (unpaired) electrons. The summed E-state index contributed by atoms with van der Waals surface area (Å²) >= 11 is 0. The first-order chi connectivity index (χ1) is 17.7. The van der Waals surface area contributed by atoms with Crippen LogP contribution in [0.2, 0.25) is 18.6 Å². The molecule has 5 atom stereocenters. The first kappa shape index (κ1) is 30.2. The lowest BCUT2D eigenvalue weighted by atomic mass is 9.82. The van der Waals surface area contributed by atoms with Crippen LogP contribution in [-0.4, -0.2) is 60.5 Å². The Morgan fingerprint density at radius 3 is 2.53 bits per heavy atom. The molecule has 3 rings (SSSR count). The average Bonchev–Trinajstić information content (AvgIpc) is 3.23. The fourth-order valence-electron chi connectivity index (χ4n) is 5.92. The van der Waals surface area contributed by atoms with E-state index in [0.717, 1.165) is 12.8 Å². The Labute approximate surface area is 227 Å². The molecule has 2 heterocycles. The van der Waals surface area contributed by atoms with Crippen molar-refractivity contribution in [1.82, 2.24) is 0 Å². The van der Waals surface area contributed by atoms with E-state index in [1.807, 2.05) is 20.0 Å². The SMILES string of the molecule is CC(C)=CCC/C(C)=C/CN1C(=O)[C@@]2(O[C@@H](CCO)[C@H]([Si](C)(C)O)[C@H]2C)c2cc(NC(=O)[C@H](C)O)ccc21. The number of carbonyl (C=O) groups excluding carboxylic acids is 2. The van der Waals surface area contributed by atoms with Crippen molar-refractivity contribution in [2.45, 2.75) is 90.3 Å². The molecule has 2 amide bonds. The fraction of sp³-hybridized carbons (Fsp3) is 0.586. The molecule has 1 aromatic carbocycles. The van der Waals surface area contributed by atoms with Crippen molar-refractivity contribution in [3.63, 3.8) is 0 Å². The third-order valence-electron chi connectivity index (χ3n) is 7.76.